The van der Waals surface area contributed by atoms with Crippen LogP contribution in [0, 0.1) is 11.3 Å². The summed E-state index contributed by atoms with van der Waals surface area (Å²) in [5.41, 5.74) is 7.25. The summed E-state index contributed by atoms with van der Waals surface area (Å²) in [6, 6.07) is 12.0. The molecule has 2 aromatic rings. The number of nitrogens with zero attached hydrogens (tertiary/aromatic N) is 3. The first-order chi connectivity index (χ1) is 9.29. The number of aromatic nitrogens is 2. The maximum atomic E-state index is 9.22. The number of benzene rings is 1. The second kappa shape index (κ2) is 4.63. The van der Waals surface area contributed by atoms with Crippen molar-refractivity contribution < 1.29 is 0 Å². The fraction of sp³-hybridized carbons (Fsp3) is 0.231. The molecule has 6 heteroatoms. The second-order valence-corrected chi connectivity index (χ2v) is 4.47. The molecule has 1 aliphatic rings. The van der Waals surface area contributed by atoms with Crippen LogP contribution in [0.2, 0.25) is 0 Å². The average molecular weight is 254 g/mol. The molecule has 1 fully saturated rings. The summed E-state index contributed by atoms with van der Waals surface area (Å²) in [7, 11) is 0. The first-order valence-corrected chi connectivity index (χ1v) is 6.11. The summed E-state index contributed by atoms with van der Waals surface area (Å²) in [5, 5.41) is 20.0. The molecule has 1 saturated heterocycles. The summed E-state index contributed by atoms with van der Waals surface area (Å²) < 4.78 is 1.59. The van der Waals surface area contributed by atoms with Crippen LogP contribution in [0.3, 0.4) is 0 Å². The Balaban J connectivity index is 1.99. The highest BCUT2D eigenvalue weighted by molar-refractivity contribution is 5.66. The number of hydrogen-bond donors (Lipinski definition) is 3. The van der Waals surface area contributed by atoms with Crippen LogP contribution in [0.1, 0.15) is 5.56 Å². The molecule has 1 aliphatic heterocycles. The normalized spacial score (nSPS) is 14.7. The average Bonchev–Trinajstić information content (AvgIpc) is 2.71. The van der Waals surface area contributed by atoms with Crippen LogP contribution < -0.4 is 16.4 Å². The fourth-order valence-electron chi connectivity index (χ4n) is 1.99. The van der Waals surface area contributed by atoms with Crippen LogP contribution in [-0.2, 0) is 0 Å². The molecule has 0 unspecified atom stereocenters. The minimum atomic E-state index is 0.311. The molecule has 0 radical (unpaired) electrons. The highest BCUT2D eigenvalue weighted by Gasteiger charge is 2.22. The first-order valence-electron chi connectivity index (χ1n) is 6.11. The van der Waals surface area contributed by atoms with Gasteiger partial charge >= 0.3 is 0 Å². The lowest BCUT2D eigenvalue weighted by Gasteiger charge is -2.27. The van der Waals surface area contributed by atoms with E-state index in [4.69, 9.17) is 5.73 Å². The number of anilines is 2. The maximum Gasteiger partial charge on any atom is 0.169 e. The fourth-order valence-corrected chi connectivity index (χ4v) is 1.99. The summed E-state index contributed by atoms with van der Waals surface area (Å²) in [5.74, 6) is 0.916. The summed E-state index contributed by atoms with van der Waals surface area (Å²) in [6.45, 7) is 1.76. The number of nitrogens with two attached hydrogens (primary N) is 1. The molecule has 6 nitrogen and oxygen atoms in total. The zero-order valence-corrected chi connectivity index (χ0v) is 10.3. The number of para-hydroxylation sites is 1. The zero-order chi connectivity index (χ0) is 13.2. The quantitative estimate of drug-likeness (QED) is 0.750. The molecule has 1 aromatic carbocycles. The third-order valence-electron chi connectivity index (χ3n) is 3.16. The van der Waals surface area contributed by atoms with Crippen LogP contribution in [0.15, 0.2) is 30.3 Å². The van der Waals surface area contributed by atoms with Crippen molar-refractivity contribution in [2.75, 3.05) is 24.1 Å². The zero-order valence-electron chi connectivity index (χ0n) is 10.3. The van der Waals surface area contributed by atoms with Gasteiger partial charge in [0, 0.05) is 13.1 Å². The van der Waals surface area contributed by atoms with Gasteiger partial charge in [-0.1, -0.05) is 18.2 Å². The van der Waals surface area contributed by atoms with Gasteiger partial charge in [0.05, 0.1) is 11.7 Å². The Morgan fingerprint density at radius 2 is 2.11 bits per heavy atom. The van der Waals surface area contributed by atoms with Crippen molar-refractivity contribution in [1.29, 1.82) is 5.26 Å². The van der Waals surface area contributed by atoms with Gasteiger partial charge < -0.3 is 16.4 Å². The Hall–Kier alpha value is -2.52. The third-order valence-corrected chi connectivity index (χ3v) is 3.16. The van der Waals surface area contributed by atoms with Crippen molar-refractivity contribution in [3.63, 3.8) is 0 Å². The minimum Gasteiger partial charge on any atom is -0.382 e. The molecule has 4 N–H and O–H groups in total. The predicted octanol–water partition coefficient (Wildman–Crippen LogP) is 0.710. The molecule has 1 aromatic heterocycles. The van der Waals surface area contributed by atoms with E-state index in [0.29, 0.717) is 23.2 Å². The Morgan fingerprint density at radius 1 is 1.37 bits per heavy atom. The van der Waals surface area contributed by atoms with Crippen LogP contribution >= 0.6 is 0 Å². The van der Waals surface area contributed by atoms with Crippen molar-refractivity contribution in [3.8, 4) is 11.8 Å². The number of hydrogen-bond acceptors (Lipinski definition) is 5. The van der Waals surface area contributed by atoms with E-state index in [1.54, 1.807) is 4.68 Å². The first kappa shape index (κ1) is 11.6. The van der Waals surface area contributed by atoms with Crippen LogP contribution in [0.4, 0.5) is 11.6 Å². The third kappa shape index (κ3) is 2.00. The summed E-state index contributed by atoms with van der Waals surface area (Å²) >= 11 is 0. The van der Waals surface area contributed by atoms with E-state index in [-0.39, 0.29) is 0 Å². The number of rotatable bonds is 3. The number of nitrogen functional groups attached to an aromatic ring is 1. The van der Waals surface area contributed by atoms with Gasteiger partial charge in [0.2, 0.25) is 0 Å². The van der Waals surface area contributed by atoms with Crippen LogP contribution in [-0.4, -0.2) is 28.9 Å². The van der Waals surface area contributed by atoms with Crippen molar-refractivity contribution in [2.24, 2.45) is 0 Å². The lowest BCUT2D eigenvalue weighted by Crippen LogP contribution is -2.51. The lowest BCUT2D eigenvalue weighted by molar-refractivity contribution is 0.470. The van der Waals surface area contributed by atoms with Gasteiger partial charge in [-0.05, 0) is 12.1 Å². The molecule has 96 valence electrons. The van der Waals surface area contributed by atoms with Gasteiger partial charge in [-0.3, -0.25) is 0 Å². The Labute approximate surface area is 110 Å². The van der Waals surface area contributed by atoms with Crippen molar-refractivity contribution in [1.82, 2.24) is 15.1 Å². The smallest absolute Gasteiger partial charge is 0.169 e. The number of nitriles is 1. The van der Waals surface area contributed by atoms with Gasteiger partial charge in [-0.2, -0.15) is 5.26 Å². The highest BCUT2D eigenvalue weighted by atomic mass is 15.4. The maximum absolute atomic E-state index is 9.22. The van der Waals surface area contributed by atoms with Crippen molar-refractivity contribution in [2.45, 2.75) is 6.04 Å². The van der Waals surface area contributed by atoms with Gasteiger partial charge in [-0.15, -0.1) is 5.10 Å². The van der Waals surface area contributed by atoms with E-state index in [2.05, 4.69) is 21.8 Å². The Kier molecular flexibility index (Phi) is 2.82. The van der Waals surface area contributed by atoms with Gasteiger partial charge in [0.25, 0.3) is 0 Å². The standard InChI is InChI=1S/C13H14N6/c14-6-11-12(15)19(10-4-2-1-3-5-10)18-13(11)17-9-7-16-8-9/h1-5,9,16H,7-8,15H2,(H,17,18). The lowest BCUT2D eigenvalue weighted by atomic mass is 10.2. The van der Waals surface area contributed by atoms with E-state index in [1.807, 2.05) is 30.3 Å². The molecule has 0 saturated carbocycles. The monoisotopic (exact) mass is 254 g/mol. The van der Waals surface area contributed by atoms with E-state index in [1.165, 1.54) is 0 Å². The topological polar surface area (TPSA) is 91.7 Å². The molecule has 0 amide bonds. The summed E-state index contributed by atoms with van der Waals surface area (Å²) in [6.07, 6.45) is 0. The van der Waals surface area contributed by atoms with Crippen molar-refractivity contribution >= 4 is 11.6 Å². The van der Waals surface area contributed by atoms with E-state index < -0.39 is 0 Å². The molecule has 3 rings (SSSR count). The molecule has 0 bridgehead atoms. The molecule has 19 heavy (non-hydrogen) atoms. The number of nitrogens with one attached hydrogen (secondary N) is 2. The molecule has 0 atom stereocenters. The molecular weight excluding hydrogens is 240 g/mol. The molecule has 0 aliphatic carbocycles. The van der Waals surface area contributed by atoms with Crippen LogP contribution in [0.25, 0.3) is 5.69 Å². The largest absolute Gasteiger partial charge is 0.382 e. The van der Waals surface area contributed by atoms with Crippen LogP contribution in [0.5, 0.6) is 0 Å². The molecule has 0 spiro atoms. The SMILES string of the molecule is N#Cc1c(NC2CNC2)nn(-c2ccccc2)c1N. The molecular formula is C13H14N6. The van der Waals surface area contributed by atoms with Crippen molar-refractivity contribution in [3.05, 3.63) is 35.9 Å². The van der Waals surface area contributed by atoms with E-state index in [0.717, 1.165) is 18.8 Å². The highest BCUT2D eigenvalue weighted by Crippen LogP contribution is 2.24. The second-order valence-electron chi connectivity index (χ2n) is 4.47. The van der Waals surface area contributed by atoms with Gasteiger partial charge in [-0.25, -0.2) is 4.68 Å². The Morgan fingerprint density at radius 3 is 2.68 bits per heavy atom. The van der Waals surface area contributed by atoms with Gasteiger partial charge in [0.1, 0.15) is 17.5 Å². The predicted molar refractivity (Wildman–Crippen MR) is 73.0 cm³/mol. The Bertz CT molecular complexity index is 621. The van der Waals surface area contributed by atoms with E-state index >= 15 is 0 Å². The summed E-state index contributed by atoms with van der Waals surface area (Å²) in [4.78, 5) is 0. The molecule has 2 heterocycles. The van der Waals surface area contributed by atoms with Gasteiger partial charge in [0.15, 0.2) is 5.82 Å². The van der Waals surface area contributed by atoms with E-state index in [9.17, 15) is 5.26 Å². The minimum absolute atomic E-state index is 0.311.